The van der Waals surface area contributed by atoms with Crippen LogP contribution in [0.3, 0.4) is 0 Å². The van der Waals surface area contributed by atoms with Crippen molar-refractivity contribution in [1.82, 2.24) is 24.8 Å². The summed E-state index contributed by atoms with van der Waals surface area (Å²) in [6, 6.07) is 3.38. The fourth-order valence-electron chi connectivity index (χ4n) is 3.17. The van der Waals surface area contributed by atoms with E-state index < -0.39 is 0 Å². The van der Waals surface area contributed by atoms with Crippen molar-refractivity contribution in [2.45, 2.75) is 38.8 Å². The maximum atomic E-state index is 12.3. The van der Waals surface area contributed by atoms with E-state index in [1.165, 1.54) is 17.0 Å². The van der Waals surface area contributed by atoms with Gasteiger partial charge in [-0.2, -0.15) is 0 Å². The molecule has 0 unspecified atom stereocenters. The van der Waals surface area contributed by atoms with E-state index >= 15 is 0 Å². The minimum Gasteiger partial charge on any atom is -0.378 e. The van der Waals surface area contributed by atoms with E-state index in [1.807, 2.05) is 13.0 Å². The number of morpholine rings is 1. The number of carbonyl (C=O) groups excluding carboxylic acids is 1. The molecule has 9 nitrogen and oxygen atoms in total. The maximum absolute atomic E-state index is 12.3. The van der Waals surface area contributed by atoms with E-state index in [1.54, 1.807) is 0 Å². The number of aryl methyl sites for hydroxylation is 1. The molecular formula is C19H24N6O3. The fourth-order valence-corrected chi connectivity index (χ4v) is 3.17. The molecule has 1 saturated carbocycles. The van der Waals surface area contributed by atoms with Crippen molar-refractivity contribution in [3.05, 3.63) is 45.9 Å². The molecule has 1 aliphatic carbocycles. The molecule has 1 N–H and O–H groups in total. The average Bonchev–Trinajstić information content (AvgIpc) is 3.54. The number of ether oxygens (including phenoxy) is 1. The quantitative estimate of drug-likeness (QED) is 0.768. The number of nitrogens with one attached hydrogen (secondary N) is 1. The van der Waals surface area contributed by atoms with Gasteiger partial charge >= 0.3 is 0 Å². The summed E-state index contributed by atoms with van der Waals surface area (Å²) in [4.78, 5) is 39.8. The second-order valence-corrected chi connectivity index (χ2v) is 7.23. The largest absolute Gasteiger partial charge is 0.378 e. The van der Waals surface area contributed by atoms with Gasteiger partial charge < -0.3 is 15.0 Å². The smallest absolute Gasteiger partial charge is 0.254 e. The highest BCUT2D eigenvalue weighted by atomic mass is 16.5. The highest BCUT2D eigenvalue weighted by Gasteiger charge is 2.25. The molecule has 2 aromatic heterocycles. The zero-order valence-electron chi connectivity index (χ0n) is 15.9. The molecule has 0 spiro atoms. The summed E-state index contributed by atoms with van der Waals surface area (Å²) in [5.74, 6) is 0.814. The molecule has 0 atom stereocenters. The van der Waals surface area contributed by atoms with Gasteiger partial charge in [0.1, 0.15) is 6.54 Å². The van der Waals surface area contributed by atoms with Gasteiger partial charge in [-0.15, -0.1) is 0 Å². The SMILES string of the molecule is Cc1cc(CNC(=O)Cn2cnc(C3CC3)cc2=O)nc(N2CCOCC2)n1. The Morgan fingerprint density at radius 3 is 2.75 bits per heavy atom. The molecule has 3 heterocycles. The van der Waals surface area contributed by atoms with Gasteiger partial charge in [0.15, 0.2) is 0 Å². The van der Waals surface area contributed by atoms with Crippen LogP contribution in [0.5, 0.6) is 0 Å². The zero-order chi connectivity index (χ0) is 19.5. The first-order valence-corrected chi connectivity index (χ1v) is 9.59. The first kappa shape index (κ1) is 18.5. The number of nitrogens with zero attached hydrogens (tertiary/aromatic N) is 5. The summed E-state index contributed by atoms with van der Waals surface area (Å²) in [6.07, 6.45) is 3.63. The minimum atomic E-state index is -0.257. The molecule has 0 radical (unpaired) electrons. The Kier molecular flexibility index (Phi) is 5.34. The van der Waals surface area contributed by atoms with E-state index in [9.17, 15) is 9.59 Å². The number of anilines is 1. The maximum Gasteiger partial charge on any atom is 0.254 e. The van der Waals surface area contributed by atoms with Crippen LogP contribution in [0.1, 0.15) is 35.8 Å². The molecule has 1 aliphatic heterocycles. The third-order valence-corrected chi connectivity index (χ3v) is 4.87. The lowest BCUT2D eigenvalue weighted by Gasteiger charge is -2.27. The number of hydrogen-bond donors (Lipinski definition) is 1. The lowest BCUT2D eigenvalue weighted by atomic mass is 10.3. The highest BCUT2D eigenvalue weighted by molar-refractivity contribution is 5.75. The van der Waals surface area contributed by atoms with Gasteiger partial charge in [0.25, 0.3) is 5.56 Å². The van der Waals surface area contributed by atoms with Crippen molar-refractivity contribution in [3.8, 4) is 0 Å². The Labute approximate surface area is 162 Å². The van der Waals surface area contributed by atoms with E-state index in [-0.39, 0.29) is 24.6 Å². The van der Waals surface area contributed by atoms with E-state index in [0.29, 0.717) is 25.1 Å². The van der Waals surface area contributed by atoms with E-state index in [0.717, 1.165) is 43.0 Å². The van der Waals surface area contributed by atoms with Crippen LogP contribution in [0.25, 0.3) is 0 Å². The van der Waals surface area contributed by atoms with Gasteiger partial charge in [-0.25, -0.2) is 15.0 Å². The summed E-state index contributed by atoms with van der Waals surface area (Å²) >= 11 is 0. The second kappa shape index (κ2) is 8.05. The number of hydrogen-bond acceptors (Lipinski definition) is 7. The molecule has 28 heavy (non-hydrogen) atoms. The molecule has 2 aromatic rings. The van der Waals surface area contributed by atoms with Crippen molar-refractivity contribution in [1.29, 1.82) is 0 Å². The molecule has 1 saturated heterocycles. The van der Waals surface area contributed by atoms with Gasteiger partial charge in [0, 0.05) is 30.8 Å². The number of carbonyl (C=O) groups is 1. The number of aromatic nitrogens is 4. The molecular weight excluding hydrogens is 360 g/mol. The first-order valence-electron chi connectivity index (χ1n) is 9.59. The lowest BCUT2D eigenvalue weighted by Crippen LogP contribution is -2.37. The van der Waals surface area contributed by atoms with Crippen LogP contribution in [0, 0.1) is 6.92 Å². The predicted octanol–water partition coefficient (Wildman–Crippen LogP) is 0.372. The van der Waals surface area contributed by atoms with Crippen molar-refractivity contribution in [2.75, 3.05) is 31.2 Å². The van der Waals surface area contributed by atoms with Crippen molar-refractivity contribution < 1.29 is 9.53 Å². The van der Waals surface area contributed by atoms with E-state index in [4.69, 9.17) is 4.74 Å². The number of amides is 1. The summed E-state index contributed by atoms with van der Waals surface area (Å²) in [5, 5.41) is 2.82. The van der Waals surface area contributed by atoms with Crippen molar-refractivity contribution >= 4 is 11.9 Å². The van der Waals surface area contributed by atoms with Gasteiger partial charge in [-0.3, -0.25) is 14.2 Å². The second-order valence-electron chi connectivity index (χ2n) is 7.23. The third kappa shape index (κ3) is 4.53. The fraction of sp³-hybridized carbons (Fsp3) is 0.526. The van der Waals surface area contributed by atoms with Gasteiger partial charge in [0.2, 0.25) is 11.9 Å². The van der Waals surface area contributed by atoms with Gasteiger partial charge in [0.05, 0.1) is 37.5 Å². The molecule has 148 valence electrons. The van der Waals surface area contributed by atoms with Crippen LogP contribution < -0.4 is 15.8 Å². The Morgan fingerprint density at radius 1 is 1.25 bits per heavy atom. The normalized spacial score (nSPS) is 16.8. The molecule has 2 aliphatic rings. The van der Waals surface area contributed by atoms with Crippen LogP contribution in [-0.4, -0.2) is 51.7 Å². The highest BCUT2D eigenvalue weighted by Crippen LogP contribution is 2.38. The van der Waals surface area contributed by atoms with Crippen molar-refractivity contribution in [3.63, 3.8) is 0 Å². The lowest BCUT2D eigenvalue weighted by molar-refractivity contribution is -0.121. The monoisotopic (exact) mass is 384 g/mol. The Bertz CT molecular complexity index is 918. The molecule has 9 heteroatoms. The third-order valence-electron chi connectivity index (χ3n) is 4.87. The summed E-state index contributed by atoms with van der Waals surface area (Å²) in [6.45, 7) is 4.95. The molecule has 0 aromatic carbocycles. The Hall–Kier alpha value is -2.81. The standard InChI is InChI=1S/C19H24N6O3/c1-13-8-15(23-19(22-13)24-4-6-28-7-5-24)10-20-17(26)11-25-12-21-16(9-18(25)27)14-2-3-14/h8-9,12,14H,2-7,10-11H2,1H3,(H,20,26). The zero-order valence-corrected chi connectivity index (χ0v) is 15.9. The Balaban J connectivity index is 1.36. The van der Waals surface area contributed by atoms with Crippen LogP contribution in [0.4, 0.5) is 5.95 Å². The molecule has 4 rings (SSSR count). The summed E-state index contributed by atoms with van der Waals surface area (Å²) in [5.41, 5.74) is 2.21. The van der Waals surface area contributed by atoms with Gasteiger partial charge in [-0.05, 0) is 25.8 Å². The molecule has 1 amide bonds. The van der Waals surface area contributed by atoms with Crippen LogP contribution in [0.2, 0.25) is 0 Å². The number of rotatable bonds is 6. The van der Waals surface area contributed by atoms with Crippen molar-refractivity contribution in [2.24, 2.45) is 0 Å². The predicted molar refractivity (Wildman–Crippen MR) is 102 cm³/mol. The summed E-state index contributed by atoms with van der Waals surface area (Å²) in [7, 11) is 0. The first-order chi connectivity index (χ1) is 13.6. The molecule has 2 fully saturated rings. The molecule has 0 bridgehead atoms. The van der Waals surface area contributed by atoms with E-state index in [2.05, 4.69) is 25.2 Å². The summed E-state index contributed by atoms with van der Waals surface area (Å²) < 4.78 is 6.69. The minimum absolute atomic E-state index is 0.0584. The van der Waals surface area contributed by atoms with Crippen LogP contribution in [0.15, 0.2) is 23.3 Å². The Morgan fingerprint density at radius 2 is 2.04 bits per heavy atom. The van der Waals surface area contributed by atoms with Crippen LogP contribution >= 0.6 is 0 Å². The topological polar surface area (TPSA) is 102 Å². The van der Waals surface area contributed by atoms with Gasteiger partial charge in [-0.1, -0.05) is 0 Å². The van der Waals surface area contributed by atoms with Crippen LogP contribution in [-0.2, 0) is 22.6 Å². The average molecular weight is 384 g/mol.